The second-order valence-corrected chi connectivity index (χ2v) is 4.55. The van der Waals surface area contributed by atoms with Gasteiger partial charge >= 0.3 is 0 Å². The number of ether oxygens (including phenoxy) is 1. The lowest BCUT2D eigenvalue weighted by Crippen LogP contribution is -2.04. The fourth-order valence-corrected chi connectivity index (χ4v) is 2.16. The highest BCUT2D eigenvalue weighted by atomic mass is 16.5. The van der Waals surface area contributed by atoms with E-state index in [4.69, 9.17) is 9.15 Å². The van der Waals surface area contributed by atoms with E-state index in [1.165, 1.54) is 37.6 Å². The minimum Gasteiger partial charge on any atom is -0.508 e. The number of hydrogen-bond donors (Lipinski definition) is 2. The molecule has 0 aliphatic heterocycles. The summed E-state index contributed by atoms with van der Waals surface area (Å²) in [5.41, 5.74) is 1.03. The quantitative estimate of drug-likeness (QED) is 0.756. The van der Waals surface area contributed by atoms with Gasteiger partial charge < -0.3 is 19.4 Å². The van der Waals surface area contributed by atoms with Crippen molar-refractivity contribution in [3.63, 3.8) is 0 Å². The van der Waals surface area contributed by atoms with Crippen molar-refractivity contribution in [3.8, 4) is 28.4 Å². The van der Waals surface area contributed by atoms with Crippen LogP contribution < -0.4 is 10.2 Å². The van der Waals surface area contributed by atoms with Crippen molar-refractivity contribution in [1.29, 1.82) is 0 Å². The molecule has 21 heavy (non-hydrogen) atoms. The summed E-state index contributed by atoms with van der Waals surface area (Å²) < 4.78 is 10.4. The van der Waals surface area contributed by atoms with Crippen molar-refractivity contribution >= 4 is 11.0 Å². The van der Waals surface area contributed by atoms with Gasteiger partial charge in [-0.2, -0.15) is 0 Å². The lowest BCUT2D eigenvalue weighted by molar-refractivity contribution is 0.373. The Morgan fingerprint density at radius 3 is 2.67 bits per heavy atom. The highest BCUT2D eigenvalue weighted by Gasteiger charge is 2.11. The van der Waals surface area contributed by atoms with Gasteiger partial charge in [0.15, 0.2) is 16.9 Å². The second kappa shape index (κ2) is 4.86. The third kappa shape index (κ3) is 2.18. The third-order valence-electron chi connectivity index (χ3n) is 3.25. The molecule has 0 aliphatic rings. The molecule has 106 valence electrons. The van der Waals surface area contributed by atoms with Crippen LogP contribution in [0.25, 0.3) is 22.1 Å². The largest absolute Gasteiger partial charge is 0.508 e. The van der Waals surface area contributed by atoms with Crippen LogP contribution in [0.2, 0.25) is 0 Å². The molecule has 0 saturated carbocycles. The molecule has 0 saturated heterocycles. The van der Waals surface area contributed by atoms with Crippen LogP contribution >= 0.6 is 0 Å². The van der Waals surface area contributed by atoms with Crippen molar-refractivity contribution in [2.24, 2.45) is 0 Å². The van der Waals surface area contributed by atoms with Gasteiger partial charge in [0.1, 0.15) is 17.6 Å². The van der Waals surface area contributed by atoms with Gasteiger partial charge in [0.2, 0.25) is 0 Å². The first-order chi connectivity index (χ1) is 10.1. The van der Waals surface area contributed by atoms with Crippen molar-refractivity contribution in [3.05, 3.63) is 52.9 Å². The van der Waals surface area contributed by atoms with Crippen LogP contribution in [0.4, 0.5) is 0 Å². The van der Waals surface area contributed by atoms with Crippen LogP contribution in [-0.2, 0) is 0 Å². The van der Waals surface area contributed by atoms with E-state index in [-0.39, 0.29) is 22.7 Å². The number of rotatable bonds is 2. The zero-order chi connectivity index (χ0) is 15.0. The molecule has 0 spiro atoms. The van der Waals surface area contributed by atoms with E-state index in [9.17, 15) is 15.0 Å². The molecule has 0 amide bonds. The normalized spacial score (nSPS) is 10.7. The average molecular weight is 284 g/mol. The lowest BCUT2D eigenvalue weighted by atomic mass is 10.0. The third-order valence-corrected chi connectivity index (χ3v) is 3.25. The molecule has 3 rings (SSSR count). The van der Waals surface area contributed by atoms with Crippen molar-refractivity contribution in [1.82, 2.24) is 0 Å². The smallest absolute Gasteiger partial charge is 0.200 e. The van der Waals surface area contributed by atoms with E-state index >= 15 is 0 Å². The van der Waals surface area contributed by atoms with Gasteiger partial charge in [-0.15, -0.1) is 0 Å². The number of methoxy groups -OCH3 is 1. The van der Waals surface area contributed by atoms with Gasteiger partial charge in [-0.25, -0.2) is 0 Å². The highest BCUT2D eigenvalue weighted by molar-refractivity contribution is 5.82. The first-order valence-corrected chi connectivity index (χ1v) is 6.22. The molecule has 0 atom stereocenters. The minimum absolute atomic E-state index is 0.00338. The molecule has 3 aromatic rings. The Morgan fingerprint density at radius 1 is 1.10 bits per heavy atom. The molecule has 0 unspecified atom stereocenters. The molecule has 0 aliphatic carbocycles. The number of phenols is 2. The predicted molar refractivity (Wildman–Crippen MR) is 77.8 cm³/mol. The van der Waals surface area contributed by atoms with Crippen molar-refractivity contribution in [2.45, 2.75) is 0 Å². The Labute approximate surface area is 119 Å². The maximum Gasteiger partial charge on any atom is 0.200 e. The van der Waals surface area contributed by atoms with Crippen LogP contribution in [0, 0.1) is 0 Å². The summed E-state index contributed by atoms with van der Waals surface area (Å²) in [6.07, 6.45) is 1.33. The van der Waals surface area contributed by atoms with Crippen molar-refractivity contribution in [2.75, 3.05) is 7.11 Å². The minimum atomic E-state index is -0.219. The monoisotopic (exact) mass is 284 g/mol. The fraction of sp³-hybridized carbons (Fsp3) is 0.0625. The lowest BCUT2D eigenvalue weighted by Gasteiger charge is -2.07. The molecule has 2 aromatic carbocycles. The van der Waals surface area contributed by atoms with Gasteiger partial charge in [-0.3, -0.25) is 4.79 Å². The standard InChI is InChI=1S/C16H12O5/c1-20-15-6-9(2-5-13(15)18)12-8-21-14-7-10(17)3-4-11(14)16(12)19/h2-8,17-18H,1H3. The number of hydrogen-bond acceptors (Lipinski definition) is 5. The SMILES string of the molecule is COc1cc(-c2coc3cc(O)ccc3c2=O)ccc1O. The summed E-state index contributed by atoms with van der Waals surface area (Å²) in [4.78, 5) is 12.5. The van der Waals surface area contributed by atoms with E-state index in [1.807, 2.05) is 0 Å². The van der Waals surface area contributed by atoms with E-state index in [1.54, 1.807) is 12.1 Å². The number of benzene rings is 2. The summed E-state index contributed by atoms with van der Waals surface area (Å²) in [5.74, 6) is 0.304. The van der Waals surface area contributed by atoms with Gasteiger partial charge in [0.05, 0.1) is 18.1 Å². The van der Waals surface area contributed by atoms with Crippen LogP contribution in [-0.4, -0.2) is 17.3 Å². The number of aromatic hydroxyl groups is 2. The van der Waals surface area contributed by atoms with Crippen LogP contribution in [0.1, 0.15) is 0 Å². The highest BCUT2D eigenvalue weighted by Crippen LogP contribution is 2.31. The van der Waals surface area contributed by atoms with Crippen LogP contribution in [0.3, 0.4) is 0 Å². The number of phenolic OH excluding ortho intramolecular Hbond substituents is 2. The summed E-state index contributed by atoms with van der Waals surface area (Å²) in [7, 11) is 1.44. The summed E-state index contributed by atoms with van der Waals surface area (Å²) >= 11 is 0. The summed E-state index contributed by atoms with van der Waals surface area (Å²) in [6, 6.07) is 8.95. The van der Waals surface area contributed by atoms with Gasteiger partial charge in [0.25, 0.3) is 0 Å². The predicted octanol–water partition coefficient (Wildman–Crippen LogP) is 2.88. The van der Waals surface area contributed by atoms with Gasteiger partial charge in [-0.05, 0) is 29.8 Å². The molecular formula is C16H12O5. The molecule has 1 aromatic heterocycles. The van der Waals surface area contributed by atoms with Gasteiger partial charge in [0, 0.05) is 6.07 Å². The fourth-order valence-electron chi connectivity index (χ4n) is 2.16. The number of fused-ring (bicyclic) bond motifs is 1. The first-order valence-electron chi connectivity index (χ1n) is 6.22. The van der Waals surface area contributed by atoms with E-state index in [2.05, 4.69) is 0 Å². The van der Waals surface area contributed by atoms with Crippen LogP contribution in [0.15, 0.2) is 51.9 Å². The summed E-state index contributed by atoms with van der Waals surface area (Å²) in [5, 5.41) is 19.4. The molecule has 0 fully saturated rings. The Kier molecular flexibility index (Phi) is 3.02. The molecule has 0 radical (unpaired) electrons. The Bertz CT molecular complexity index is 879. The molecule has 5 heteroatoms. The Morgan fingerprint density at radius 2 is 1.90 bits per heavy atom. The van der Waals surface area contributed by atoms with Crippen molar-refractivity contribution < 1.29 is 19.4 Å². The second-order valence-electron chi connectivity index (χ2n) is 4.55. The zero-order valence-corrected chi connectivity index (χ0v) is 11.2. The first kappa shape index (κ1) is 13.1. The maximum atomic E-state index is 12.5. The average Bonchev–Trinajstić information content (AvgIpc) is 2.48. The topological polar surface area (TPSA) is 79.9 Å². The molecule has 1 heterocycles. The molecule has 2 N–H and O–H groups in total. The van der Waals surface area contributed by atoms with E-state index in [0.29, 0.717) is 22.1 Å². The molecule has 5 nitrogen and oxygen atoms in total. The summed E-state index contributed by atoms with van der Waals surface area (Å²) in [6.45, 7) is 0. The molecule has 0 bridgehead atoms. The maximum absolute atomic E-state index is 12.5. The van der Waals surface area contributed by atoms with E-state index in [0.717, 1.165) is 0 Å². The molecular weight excluding hydrogens is 272 g/mol. The Balaban J connectivity index is 2.24. The Hall–Kier alpha value is -2.95. The van der Waals surface area contributed by atoms with Gasteiger partial charge in [-0.1, -0.05) is 6.07 Å². The van der Waals surface area contributed by atoms with E-state index < -0.39 is 0 Å². The zero-order valence-electron chi connectivity index (χ0n) is 11.2. The van der Waals surface area contributed by atoms with Crippen LogP contribution in [0.5, 0.6) is 17.2 Å².